The lowest BCUT2D eigenvalue weighted by Gasteiger charge is -2.36. The number of carbonyl (C=O) groups excluding carboxylic acids is 1. The van der Waals surface area contributed by atoms with Gasteiger partial charge in [0.25, 0.3) is 0 Å². The van der Waals surface area contributed by atoms with Crippen molar-refractivity contribution in [3.63, 3.8) is 0 Å². The summed E-state index contributed by atoms with van der Waals surface area (Å²) in [4.78, 5) is 21.4. The molecule has 0 aliphatic heterocycles. The molecule has 25 heavy (non-hydrogen) atoms. The van der Waals surface area contributed by atoms with E-state index >= 15 is 0 Å². The number of hydrogen-bond acceptors (Lipinski definition) is 4. The van der Waals surface area contributed by atoms with E-state index in [1.54, 1.807) is 12.4 Å². The number of aryl methyl sites for hydroxylation is 1. The summed E-state index contributed by atoms with van der Waals surface area (Å²) >= 11 is 0. The van der Waals surface area contributed by atoms with Crippen molar-refractivity contribution in [2.75, 3.05) is 0 Å². The van der Waals surface area contributed by atoms with Gasteiger partial charge in [0.05, 0.1) is 11.7 Å². The summed E-state index contributed by atoms with van der Waals surface area (Å²) < 4.78 is 7.92. The molecule has 3 rings (SSSR count). The van der Waals surface area contributed by atoms with E-state index in [1.165, 1.54) is 6.42 Å². The minimum atomic E-state index is -0.157. The molecule has 5 heteroatoms. The van der Waals surface area contributed by atoms with Gasteiger partial charge in [0, 0.05) is 12.6 Å². The molecule has 0 N–H and O–H groups in total. The first-order valence-electron chi connectivity index (χ1n) is 9.48. The molecule has 1 fully saturated rings. The van der Waals surface area contributed by atoms with Gasteiger partial charge in [0.1, 0.15) is 24.0 Å². The van der Waals surface area contributed by atoms with Crippen molar-refractivity contribution in [1.82, 2.24) is 14.5 Å². The van der Waals surface area contributed by atoms with Crippen molar-refractivity contribution in [3.05, 3.63) is 24.3 Å². The summed E-state index contributed by atoms with van der Waals surface area (Å²) in [6, 6.07) is 1.91. The van der Waals surface area contributed by atoms with Crippen molar-refractivity contribution in [2.45, 2.75) is 66.0 Å². The van der Waals surface area contributed by atoms with Gasteiger partial charge in [-0.15, -0.1) is 0 Å². The highest BCUT2D eigenvalue weighted by molar-refractivity contribution is 5.78. The van der Waals surface area contributed by atoms with Gasteiger partial charge in [0.2, 0.25) is 0 Å². The van der Waals surface area contributed by atoms with Crippen LogP contribution in [0.4, 0.5) is 0 Å². The van der Waals surface area contributed by atoms with E-state index in [1.807, 2.05) is 17.6 Å². The van der Waals surface area contributed by atoms with Crippen molar-refractivity contribution in [3.8, 4) is 0 Å². The number of hydrogen-bond donors (Lipinski definition) is 0. The van der Waals surface area contributed by atoms with Gasteiger partial charge in [-0.2, -0.15) is 0 Å². The lowest BCUT2D eigenvalue weighted by molar-refractivity contribution is -0.156. The Morgan fingerprint density at radius 3 is 2.92 bits per heavy atom. The molecule has 0 amide bonds. The van der Waals surface area contributed by atoms with Crippen LogP contribution >= 0.6 is 0 Å². The molecule has 2 aromatic rings. The maximum Gasteiger partial charge on any atom is 0.326 e. The summed E-state index contributed by atoms with van der Waals surface area (Å²) in [6.45, 7) is 8.98. The monoisotopic (exact) mass is 343 g/mol. The Hall–Kier alpha value is -1.91. The number of carbonyl (C=O) groups is 1. The predicted molar refractivity (Wildman–Crippen MR) is 98.1 cm³/mol. The third-order valence-corrected chi connectivity index (χ3v) is 5.48. The van der Waals surface area contributed by atoms with Crippen LogP contribution in [0.3, 0.4) is 0 Å². The fourth-order valence-electron chi connectivity index (χ4n) is 4.06. The van der Waals surface area contributed by atoms with E-state index < -0.39 is 0 Å². The molecule has 0 spiro atoms. The molecule has 1 saturated carbocycles. The van der Waals surface area contributed by atoms with Gasteiger partial charge in [0.15, 0.2) is 0 Å². The lowest BCUT2D eigenvalue weighted by Crippen LogP contribution is -2.36. The maximum absolute atomic E-state index is 12.7. The van der Waals surface area contributed by atoms with Crippen LogP contribution in [0.2, 0.25) is 0 Å². The number of ether oxygens (including phenoxy) is 1. The zero-order valence-corrected chi connectivity index (χ0v) is 15.7. The fraction of sp³-hybridized carbons (Fsp3) is 0.650. The molecule has 136 valence electrons. The van der Waals surface area contributed by atoms with Gasteiger partial charge in [-0.05, 0) is 36.7 Å². The van der Waals surface area contributed by atoms with Gasteiger partial charge >= 0.3 is 5.97 Å². The van der Waals surface area contributed by atoms with Crippen LogP contribution in [-0.2, 0) is 22.5 Å². The SMILES string of the molecule is CCc1nc2cnccc2n1CC(=O)O[C@@H]1CC(C)CCC1C(C)C. The van der Waals surface area contributed by atoms with Crippen molar-refractivity contribution in [1.29, 1.82) is 0 Å². The Morgan fingerprint density at radius 2 is 2.20 bits per heavy atom. The molecule has 1 aliphatic carbocycles. The Balaban J connectivity index is 1.76. The smallest absolute Gasteiger partial charge is 0.326 e. The average Bonchev–Trinajstić information content (AvgIpc) is 2.92. The van der Waals surface area contributed by atoms with Crippen LogP contribution in [0.25, 0.3) is 11.0 Å². The molecule has 2 heterocycles. The number of imidazole rings is 1. The number of nitrogens with zero attached hydrogens (tertiary/aromatic N) is 3. The molecule has 0 radical (unpaired) electrons. The van der Waals surface area contributed by atoms with Crippen LogP contribution in [0.15, 0.2) is 18.5 Å². The van der Waals surface area contributed by atoms with Crippen LogP contribution in [-0.4, -0.2) is 26.6 Å². The highest BCUT2D eigenvalue weighted by Gasteiger charge is 2.33. The van der Waals surface area contributed by atoms with Crippen LogP contribution < -0.4 is 0 Å². The summed E-state index contributed by atoms with van der Waals surface area (Å²) in [5.41, 5.74) is 1.78. The second-order valence-corrected chi connectivity index (χ2v) is 7.69. The summed E-state index contributed by atoms with van der Waals surface area (Å²) in [5.74, 6) is 2.37. The van der Waals surface area contributed by atoms with Gasteiger partial charge in [-0.3, -0.25) is 9.78 Å². The van der Waals surface area contributed by atoms with E-state index in [2.05, 4.69) is 30.7 Å². The Bertz CT molecular complexity index is 738. The molecule has 1 aliphatic rings. The van der Waals surface area contributed by atoms with Crippen molar-refractivity contribution >= 4 is 17.0 Å². The third kappa shape index (κ3) is 3.86. The number of fused-ring (bicyclic) bond motifs is 1. The molecule has 2 unspecified atom stereocenters. The van der Waals surface area contributed by atoms with E-state index in [9.17, 15) is 4.79 Å². The van der Waals surface area contributed by atoms with E-state index in [0.29, 0.717) is 17.8 Å². The minimum absolute atomic E-state index is 0.0396. The summed E-state index contributed by atoms with van der Waals surface area (Å²) in [5, 5.41) is 0. The van der Waals surface area contributed by atoms with Crippen molar-refractivity contribution < 1.29 is 9.53 Å². The summed E-state index contributed by atoms with van der Waals surface area (Å²) in [7, 11) is 0. The number of aromatic nitrogens is 3. The molecule has 0 saturated heterocycles. The first kappa shape index (κ1) is 17.9. The normalized spacial score (nSPS) is 24.0. The Labute approximate surface area is 149 Å². The van der Waals surface area contributed by atoms with E-state index in [-0.39, 0.29) is 18.6 Å². The second kappa shape index (κ2) is 7.54. The van der Waals surface area contributed by atoms with Gasteiger partial charge in [-0.1, -0.05) is 34.1 Å². The number of pyridine rings is 1. The zero-order chi connectivity index (χ0) is 18.0. The first-order chi connectivity index (χ1) is 12.0. The largest absolute Gasteiger partial charge is 0.461 e. The average molecular weight is 343 g/mol. The molecule has 5 nitrogen and oxygen atoms in total. The molecule has 3 atom stereocenters. The fourth-order valence-corrected chi connectivity index (χ4v) is 4.06. The van der Waals surface area contributed by atoms with Crippen LogP contribution in [0.5, 0.6) is 0 Å². The second-order valence-electron chi connectivity index (χ2n) is 7.69. The highest BCUT2D eigenvalue weighted by Crippen LogP contribution is 2.35. The topological polar surface area (TPSA) is 57.0 Å². The minimum Gasteiger partial charge on any atom is -0.461 e. The van der Waals surface area contributed by atoms with E-state index in [0.717, 1.165) is 36.1 Å². The zero-order valence-electron chi connectivity index (χ0n) is 15.7. The summed E-state index contributed by atoms with van der Waals surface area (Å²) in [6.07, 6.45) is 7.66. The van der Waals surface area contributed by atoms with E-state index in [4.69, 9.17) is 4.74 Å². The quantitative estimate of drug-likeness (QED) is 0.770. The lowest BCUT2D eigenvalue weighted by atomic mass is 9.75. The third-order valence-electron chi connectivity index (χ3n) is 5.48. The molecule has 2 aromatic heterocycles. The van der Waals surface area contributed by atoms with Gasteiger partial charge in [-0.25, -0.2) is 4.98 Å². The standard InChI is InChI=1S/C20H29N3O2/c1-5-19-22-16-11-21-9-8-17(16)23(19)12-20(24)25-18-10-14(4)6-7-15(18)13(2)3/h8-9,11,13-15,18H,5-7,10,12H2,1-4H3/t14?,15?,18-/m1/s1. The number of rotatable bonds is 5. The first-order valence-corrected chi connectivity index (χ1v) is 9.48. The molecular weight excluding hydrogens is 314 g/mol. The van der Waals surface area contributed by atoms with Crippen LogP contribution in [0, 0.1) is 17.8 Å². The molecular formula is C20H29N3O2. The van der Waals surface area contributed by atoms with Crippen molar-refractivity contribution in [2.24, 2.45) is 17.8 Å². The Morgan fingerprint density at radius 1 is 1.40 bits per heavy atom. The highest BCUT2D eigenvalue weighted by atomic mass is 16.5. The Kier molecular flexibility index (Phi) is 5.40. The molecule has 0 bridgehead atoms. The maximum atomic E-state index is 12.7. The predicted octanol–water partition coefficient (Wildman–Crippen LogP) is 4.00. The number of esters is 1. The van der Waals surface area contributed by atoms with Crippen LogP contribution in [0.1, 0.15) is 52.8 Å². The molecule has 0 aromatic carbocycles. The van der Waals surface area contributed by atoms with Gasteiger partial charge < -0.3 is 9.30 Å².